The molecule has 0 radical (unpaired) electrons. The van der Waals surface area contributed by atoms with Crippen LogP contribution < -0.4 is 5.73 Å². The van der Waals surface area contributed by atoms with E-state index in [0.717, 1.165) is 13.1 Å². The number of oxime groups is 1. The molecule has 4 nitrogen and oxygen atoms in total. The number of hydrogen-bond donors (Lipinski definition) is 2. The van der Waals surface area contributed by atoms with Crippen molar-refractivity contribution in [2.75, 3.05) is 13.1 Å². The molecule has 16 heavy (non-hydrogen) atoms. The first-order valence-electron chi connectivity index (χ1n) is 6.21. The van der Waals surface area contributed by atoms with Crippen LogP contribution in [0.25, 0.3) is 0 Å². The van der Waals surface area contributed by atoms with Crippen molar-refractivity contribution >= 4 is 5.84 Å². The molecule has 0 aromatic rings. The molecule has 0 aromatic carbocycles. The smallest absolute Gasteiger partial charge is 0.140 e. The Hall–Kier alpha value is -0.770. The quantitative estimate of drug-likeness (QED) is 0.334. The summed E-state index contributed by atoms with van der Waals surface area (Å²) in [5.41, 5.74) is 6.05. The number of nitrogens with two attached hydrogens (primary N) is 1. The van der Waals surface area contributed by atoms with Gasteiger partial charge in [-0.1, -0.05) is 25.4 Å². The maximum Gasteiger partial charge on any atom is 0.140 e. The molecule has 0 amide bonds. The summed E-state index contributed by atoms with van der Waals surface area (Å²) in [5, 5.41) is 11.6. The van der Waals surface area contributed by atoms with Gasteiger partial charge in [0.05, 0.1) is 0 Å². The third kappa shape index (κ3) is 3.37. The SMILES string of the molecule is CCC1(C)CCN(C(C)CC(N)=NO)CC1. The van der Waals surface area contributed by atoms with E-state index < -0.39 is 0 Å². The van der Waals surface area contributed by atoms with Crippen molar-refractivity contribution < 1.29 is 5.21 Å². The van der Waals surface area contributed by atoms with Crippen molar-refractivity contribution in [3.05, 3.63) is 0 Å². The lowest BCUT2D eigenvalue weighted by Crippen LogP contribution is -2.44. The molecule has 1 heterocycles. The molecule has 0 bridgehead atoms. The van der Waals surface area contributed by atoms with E-state index in [1.54, 1.807) is 0 Å². The molecule has 0 aliphatic carbocycles. The summed E-state index contributed by atoms with van der Waals surface area (Å²) in [7, 11) is 0. The van der Waals surface area contributed by atoms with Crippen LogP contribution in [-0.2, 0) is 0 Å². The highest BCUT2D eigenvalue weighted by Gasteiger charge is 2.30. The zero-order valence-corrected chi connectivity index (χ0v) is 10.7. The first kappa shape index (κ1) is 13.3. The van der Waals surface area contributed by atoms with Crippen molar-refractivity contribution in [2.24, 2.45) is 16.3 Å². The predicted molar refractivity (Wildman–Crippen MR) is 66.7 cm³/mol. The molecule has 4 heteroatoms. The second-order valence-electron chi connectivity index (χ2n) is 5.34. The summed E-state index contributed by atoms with van der Waals surface area (Å²) in [6, 6.07) is 0.373. The largest absolute Gasteiger partial charge is 0.409 e. The van der Waals surface area contributed by atoms with Crippen molar-refractivity contribution in [3.8, 4) is 0 Å². The van der Waals surface area contributed by atoms with E-state index in [2.05, 4.69) is 30.8 Å². The minimum absolute atomic E-state index is 0.330. The third-order valence-corrected chi connectivity index (χ3v) is 4.12. The average Bonchev–Trinajstić information content (AvgIpc) is 2.29. The molecule has 1 fully saturated rings. The van der Waals surface area contributed by atoms with Gasteiger partial charge in [-0.25, -0.2) is 0 Å². The van der Waals surface area contributed by atoms with E-state index in [1.807, 2.05) is 0 Å². The Kier molecular flexibility index (Phi) is 4.59. The average molecular weight is 227 g/mol. The Morgan fingerprint density at radius 1 is 1.50 bits per heavy atom. The number of hydrogen-bond acceptors (Lipinski definition) is 3. The van der Waals surface area contributed by atoms with Crippen molar-refractivity contribution in [1.29, 1.82) is 0 Å². The highest BCUT2D eigenvalue weighted by atomic mass is 16.4. The molecule has 0 aromatic heterocycles. The van der Waals surface area contributed by atoms with E-state index in [-0.39, 0.29) is 0 Å². The van der Waals surface area contributed by atoms with Crippen LogP contribution in [0.5, 0.6) is 0 Å². The minimum atomic E-state index is 0.330. The maximum absolute atomic E-state index is 8.55. The second-order valence-corrected chi connectivity index (χ2v) is 5.34. The Balaban J connectivity index is 2.41. The van der Waals surface area contributed by atoms with E-state index in [9.17, 15) is 0 Å². The van der Waals surface area contributed by atoms with Crippen LogP contribution in [0, 0.1) is 5.41 Å². The van der Waals surface area contributed by atoms with E-state index >= 15 is 0 Å². The second kappa shape index (κ2) is 5.53. The third-order valence-electron chi connectivity index (χ3n) is 4.12. The number of likely N-dealkylation sites (tertiary alicyclic amines) is 1. The molecule has 1 unspecified atom stereocenters. The predicted octanol–water partition coefficient (Wildman–Crippen LogP) is 2.02. The zero-order valence-electron chi connectivity index (χ0n) is 10.7. The number of amidine groups is 1. The lowest BCUT2D eigenvalue weighted by Gasteiger charge is -2.41. The summed E-state index contributed by atoms with van der Waals surface area (Å²) in [6.07, 6.45) is 4.42. The molecule has 1 atom stereocenters. The Morgan fingerprint density at radius 2 is 2.06 bits per heavy atom. The fourth-order valence-corrected chi connectivity index (χ4v) is 2.33. The van der Waals surface area contributed by atoms with Gasteiger partial charge in [0.15, 0.2) is 0 Å². The molecule has 3 N–H and O–H groups in total. The topological polar surface area (TPSA) is 61.8 Å². The first-order chi connectivity index (χ1) is 7.50. The van der Waals surface area contributed by atoms with Crippen molar-refractivity contribution in [2.45, 2.75) is 52.5 Å². The van der Waals surface area contributed by atoms with Gasteiger partial charge in [0, 0.05) is 12.5 Å². The molecular weight excluding hydrogens is 202 g/mol. The van der Waals surface area contributed by atoms with Crippen LogP contribution in [-0.4, -0.2) is 35.1 Å². The highest BCUT2D eigenvalue weighted by Crippen LogP contribution is 2.34. The number of piperidine rings is 1. The normalized spacial score (nSPS) is 24.3. The van der Waals surface area contributed by atoms with Gasteiger partial charge < -0.3 is 15.8 Å². The van der Waals surface area contributed by atoms with Gasteiger partial charge in [-0.2, -0.15) is 0 Å². The summed E-state index contributed by atoms with van der Waals surface area (Å²) >= 11 is 0. The summed E-state index contributed by atoms with van der Waals surface area (Å²) < 4.78 is 0. The fraction of sp³-hybridized carbons (Fsp3) is 0.917. The summed E-state index contributed by atoms with van der Waals surface area (Å²) in [4.78, 5) is 2.44. The highest BCUT2D eigenvalue weighted by molar-refractivity contribution is 5.80. The van der Waals surface area contributed by atoms with Crippen LogP contribution in [0.1, 0.15) is 46.5 Å². The number of rotatable bonds is 4. The van der Waals surface area contributed by atoms with Gasteiger partial charge in [-0.15, -0.1) is 0 Å². The molecule has 0 saturated carbocycles. The molecule has 1 aliphatic rings. The lowest BCUT2D eigenvalue weighted by atomic mass is 9.78. The van der Waals surface area contributed by atoms with Crippen molar-refractivity contribution in [3.63, 3.8) is 0 Å². The fourth-order valence-electron chi connectivity index (χ4n) is 2.33. The zero-order chi connectivity index (χ0) is 12.2. The Morgan fingerprint density at radius 3 is 2.50 bits per heavy atom. The molecule has 0 spiro atoms. The van der Waals surface area contributed by atoms with E-state index in [1.165, 1.54) is 19.3 Å². The van der Waals surface area contributed by atoms with Gasteiger partial charge in [0.25, 0.3) is 0 Å². The van der Waals surface area contributed by atoms with Gasteiger partial charge in [0.1, 0.15) is 5.84 Å². The molecule has 1 rings (SSSR count). The van der Waals surface area contributed by atoms with Crippen LogP contribution in [0.2, 0.25) is 0 Å². The van der Waals surface area contributed by atoms with Gasteiger partial charge >= 0.3 is 0 Å². The first-order valence-corrected chi connectivity index (χ1v) is 6.21. The van der Waals surface area contributed by atoms with Crippen LogP contribution in [0.4, 0.5) is 0 Å². The molecule has 1 saturated heterocycles. The Labute approximate surface area is 98.5 Å². The molecule has 94 valence electrons. The van der Waals surface area contributed by atoms with Crippen LogP contribution in [0.3, 0.4) is 0 Å². The molecule has 1 aliphatic heterocycles. The van der Waals surface area contributed by atoms with Crippen molar-refractivity contribution in [1.82, 2.24) is 4.90 Å². The summed E-state index contributed by atoms with van der Waals surface area (Å²) in [6.45, 7) is 9.05. The molecular formula is C12H25N3O. The summed E-state index contributed by atoms with van der Waals surface area (Å²) in [5.74, 6) is 0.330. The van der Waals surface area contributed by atoms with Gasteiger partial charge in [-0.05, 0) is 38.3 Å². The van der Waals surface area contributed by atoms with Gasteiger partial charge in [0.2, 0.25) is 0 Å². The maximum atomic E-state index is 8.55. The minimum Gasteiger partial charge on any atom is -0.409 e. The standard InChI is InChI=1S/C12H25N3O/c1-4-12(3)5-7-15(8-6-12)10(2)9-11(13)14-16/h10,16H,4-9H2,1-3H3,(H2,13,14). The van der Waals surface area contributed by atoms with E-state index in [0.29, 0.717) is 23.7 Å². The number of nitrogens with zero attached hydrogens (tertiary/aromatic N) is 2. The van der Waals surface area contributed by atoms with Crippen LogP contribution >= 0.6 is 0 Å². The van der Waals surface area contributed by atoms with Gasteiger partial charge in [-0.3, -0.25) is 0 Å². The van der Waals surface area contributed by atoms with E-state index in [4.69, 9.17) is 10.9 Å². The monoisotopic (exact) mass is 227 g/mol. The Bertz CT molecular complexity index is 245. The van der Waals surface area contributed by atoms with Crippen LogP contribution in [0.15, 0.2) is 5.16 Å². The lowest BCUT2D eigenvalue weighted by molar-refractivity contribution is 0.0883.